The number of nitrogens with zero attached hydrogens (tertiary/aromatic N) is 1. The lowest BCUT2D eigenvalue weighted by Gasteiger charge is -2.30. The Morgan fingerprint density at radius 2 is 1.03 bits per heavy atom. The van der Waals surface area contributed by atoms with Crippen LogP contribution in [0.25, 0.3) is 78.0 Å². The van der Waals surface area contributed by atoms with Crippen molar-refractivity contribution in [2.45, 2.75) is 25.2 Å². The van der Waals surface area contributed by atoms with Gasteiger partial charge in [-0.2, -0.15) is 0 Å². The van der Waals surface area contributed by atoms with Crippen molar-refractivity contribution in [1.82, 2.24) is 0 Å². The molecule has 2 aliphatic carbocycles. The van der Waals surface area contributed by atoms with Gasteiger partial charge in [0.1, 0.15) is 11.3 Å². The summed E-state index contributed by atoms with van der Waals surface area (Å²) in [5.74, 6) is 1.08. The Morgan fingerprint density at radius 1 is 0.452 bits per heavy atom. The van der Waals surface area contributed by atoms with E-state index in [0.29, 0.717) is 0 Å². The second kappa shape index (κ2) is 15.1. The molecule has 0 fully saturated rings. The number of hydrogen-bond donors (Lipinski definition) is 0. The lowest BCUT2D eigenvalue weighted by Crippen LogP contribution is -2.15. The van der Waals surface area contributed by atoms with Gasteiger partial charge in [-0.05, 0) is 139 Å². The normalized spacial score (nSPS) is 14.3. The molecule has 1 unspecified atom stereocenters. The Hall–Kier alpha value is -7.68. The van der Waals surface area contributed by atoms with Crippen LogP contribution in [0.4, 0.5) is 17.1 Å². The predicted octanol–water partition coefficient (Wildman–Crippen LogP) is 16.7. The maximum Gasteiger partial charge on any atom is 0.135 e. The number of rotatable bonds is 7. The Balaban J connectivity index is 0.971. The van der Waals surface area contributed by atoms with Gasteiger partial charge in [0, 0.05) is 28.2 Å². The van der Waals surface area contributed by atoms with E-state index in [1.54, 1.807) is 0 Å². The summed E-state index contributed by atoms with van der Waals surface area (Å²) in [6.45, 7) is 0. The van der Waals surface area contributed by atoms with Crippen LogP contribution in [0.3, 0.4) is 0 Å². The van der Waals surface area contributed by atoms with Crippen LogP contribution in [0, 0.1) is 0 Å². The van der Waals surface area contributed by atoms with E-state index in [1.165, 1.54) is 82.6 Å². The van der Waals surface area contributed by atoms with Crippen LogP contribution in [0.5, 0.6) is 0 Å². The van der Waals surface area contributed by atoms with E-state index in [-0.39, 0.29) is 5.92 Å². The van der Waals surface area contributed by atoms with Crippen LogP contribution in [-0.4, -0.2) is 0 Å². The third kappa shape index (κ3) is 6.26. The highest BCUT2D eigenvalue weighted by atomic mass is 16.3. The molecule has 0 amide bonds. The Labute approximate surface area is 362 Å². The van der Waals surface area contributed by atoms with Crippen LogP contribution < -0.4 is 4.90 Å². The predicted molar refractivity (Wildman–Crippen MR) is 262 cm³/mol. The average molecular weight is 794 g/mol. The molecule has 0 N–H and O–H groups in total. The van der Waals surface area contributed by atoms with Crippen LogP contribution in [0.2, 0.25) is 0 Å². The summed E-state index contributed by atoms with van der Waals surface area (Å²) in [6.07, 6.45) is 12.2. The van der Waals surface area contributed by atoms with E-state index in [0.717, 1.165) is 47.7 Å². The van der Waals surface area contributed by atoms with E-state index in [9.17, 15) is 0 Å². The summed E-state index contributed by atoms with van der Waals surface area (Å²) in [5, 5.41) is 6.20. The number of anilines is 3. The van der Waals surface area contributed by atoms with Crippen molar-refractivity contribution >= 4 is 61.7 Å². The molecule has 2 nitrogen and oxygen atoms in total. The third-order valence-corrected chi connectivity index (χ3v) is 13.1. The Kier molecular flexibility index (Phi) is 8.81. The fourth-order valence-corrected chi connectivity index (χ4v) is 10.0. The van der Waals surface area contributed by atoms with Gasteiger partial charge in [-0.1, -0.05) is 170 Å². The van der Waals surface area contributed by atoms with Gasteiger partial charge in [0.15, 0.2) is 0 Å². The molecule has 294 valence electrons. The lowest BCUT2D eigenvalue weighted by atomic mass is 9.85. The van der Waals surface area contributed by atoms with Gasteiger partial charge in [-0.25, -0.2) is 0 Å². The SMILES string of the molecule is C1=Cc2c(c(-c3ccc(N(c4ccc(-c5ccc(-c6ccccc6)cc5)cc4)c4ccccc4C4CC=Cc5c4oc4cc6ccccc6cc54)cc3)cc3ccccc23)CC1. The van der Waals surface area contributed by atoms with Crippen molar-refractivity contribution in [3.8, 4) is 33.4 Å². The molecule has 2 heteroatoms. The molecule has 0 aliphatic heterocycles. The minimum atomic E-state index is 0.0445. The molecular formula is C60H43NO. The van der Waals surface area contributed by atoms with Crippen LogP contribution in [-0.2, 0) is 6.42 Å². The van der Waals surface area contributed by atoms with Gasteiger partial charge >= 0.3 is 0 Å². The summed E-state index contributed by atoms with van der Waals surface area (Å²) < 4.78 is 6.88. The number of hydrogen-bond acceptors (Lipinski definition) is 2. The Bertz CT molecular complexity index is 3350. The number of furan rings is 1. The van der Waals surface area contributed by atoms with E-state index in [1.807, 2.05) is 0 Å². The molecule has 9 aromatic carbocycles. The number of para-hydroxylation sites is 1. The second-order valence-electron chi connectivity index (χ2n) is 16.7. The Morgan fingerprint density at radius 3 is 1.77 bits per heavy atom. The van der Waals surface area contributed by atoms with Crippen LogP contribution >= 0.6 is 0 Å². The highest BCUT2D eigenvalue weighted by Gasteiger charge is 2.29. The van der Waals surface area contributed by atoms with Gasteiger partial charge < -0.3 is 9.32 Å². The minimum Gasteiger partial charge on any atom is -0.460 e. The van der Waals surface area contributed by atoms with E-state index in [2.05, 4.69) is 223 Å². The average Bonchev–Trinajstić information content (AvgIpc) is 3.71. The molecule has 0 saturated carbocycles. The van der Waals surface area contributed by atoms with Gasteiger partial charge in [0.25, 0.3) is 0 Å². The molecule has 2 aliphatic rings. The van der Waals surface area contributed by atoms with E-state index in [4.69, 9.17) is 4.42 Å². The van der Waals surface area contributed by atoms with Gasteiger partial charge in [0.05, 0.1) is 5.69 Å². The number of fused-ring (bicyclic) bond motifs is 7. The summed E-state index contributed by atoms with van der Waals surface area (Å²) in [6, 6.07) is 71.0. The quantitative estimate of drug-likeness (QED) is 0.160. The van der Waals surface area contributed by atoms with Crippen molar-refractivity contribution in [3.63, 3.8) is 0 Å². The standard InChI is InChI=1S/C60H43NO/c1-2-13-40(14-3-1)41-25-27-42(28-26-41)43-29-33-48(34-30-43)61(49-35-31-44(32-36-49)56-38-47-17-6-7-18-50(47)51-19-8-9-20-52(51)56)58-24-11-10-21-53(58)54-22-12-23-55-57-37-45-15-4-5-16-46(45)39-59(57)62-60(54)55/h1-8,10-19,21,23-39,54H,9,20,22H2. The fourth-order valence-electron chi connectivity index (χ4n) is 10.0. The zero-order valence-corrected chi connectivity index (χ0v) is 34.3. The highest BCUT2D eigenvalue weighted by molar-refractivity contribution is 6.01. The van der Waals surface area contributed by atoms with E-state index >= 15 is 0 Å². The third-order valence-electron chi connectivity index (χ3n) is 13.1. The molecule has 0 saturated heterocycles. The summed E-state index contributed by atoms with van der Waals surface area (Å²) in [4.78, 5) is 2.44. The van der Waals surface area contributed by atoms with Crippen molar-refractivity contribution in [3.05, 3.63) is 234 Å². The smallest absolute Gasteiger partial charge is 0.135 e. The van der Waals surface area contributed by atoms with Crippen LogP contribution in [0.1, 0.15) is 46.8 Å². The first-order chi connectivity index (χ1) is 30.7. The molecule has 12 rings (SSSR count). The lowest BCUT2D eigenvalue weighted by molar-refractivity contribution is 0.517. The van der Waals surface area contributed by atoms with Crippen LogP contribution in [0.15, 0.2) is 211 Å². The highest BCUT2D eigenvalue weighted by Crippen LogP contribution is 2.48. The van der Waals surface area contributed by atoms with Crippen molar-refractivity contribution in [1.29, 1.82) is 0 Å². The van der Waals surface area contributed by atoms with E-state index < -0.39 is 0 Å². The largest absolute Gasteiger partial charge is 0.460 e. The maximum absolute atomic E-state index is 6.88. The molecule has 62 heavy (non-hydrogen) atoms. The molecule has 1 atom stereocenters. The van der Waals surface area contributed by atoms with Gasteiger partial charge in [0.2, 0.25) is 0 Å². The van der Waals surface area contributed by atoms with Gasteiger partial charge in [-0.15, -0.1) is 0 Å². The minimum absolute atomic E-state index is 0.0445. The van der Waals surface area contributed by atoms with Gasteiger partial charge in [-0.3, -0.25) is 0 Å². The molecule has 1 heterocycles. The zero-order chi connectivity index (χ0) is 41.0. The van der Waals surface area contributed by atoms with Crippen molar-refractivity contribution in [2.24, 2.45) is 0 Å². The summed E-state index contributed by atoms with van der Waals surface area (Å²) >= 11 is 0. The molecule has 1 aromatic heterocycles. The molecular weight excluding hydrogens is 751 g/mol. The summed E-state index contributed by atoms with van der Waals surface area (Å²) in [7, 11) is 0. The zero-order valence-electron chi connectivity index (χ0n) is 34.3. The molecule has 0 radical (unpaired) electrons. The van der Waals surface area contributed by atoms with Crippen molar-refractivity contribution < 1.29 is 4.42 Å². The molecule has 10 aromatic rings. The monoisotopic (exact) mass is 793 g/mol. The molecule has 0 bridgehead atoms. The summed E-state index contributed by atoms with van der Waals surface area (Å²) in [5.41, 5.74) is 16.9. The second-order valence-corrected chi connectivity index (χ2v) is 16.7. The number of allylic oxidation sites excluding steroid dienone is 2. The first-order valence-electron chi connectivity index (χ1n) is 21.8. The van der Waals surface area contributed by atoms with Crippen molar-refractivity contribution in [2.75, 3.05) is 4.90 Å². The first-order valence-corrected chi connectivity index (χ1v) is 21.8. The number of benzene rings is 9. The first kappa shape index (κ1) is 36.2. The molecule has 0 spiro atoms. The maximum atomic E-state index is 6.88. The topological polar surface area (TPSA) is 16.4 Å². The fraction of sp³-hybridized carbons (Fsp3) is 0.0667.